The summed E-state index contributed by atoms with van der Waals surface area (Å²) in [5, 5.41) is 13.2. The number of halogens is 3. The Morgan fingerprint density at radius 3 is 2.42 bits per heavy atom. The van der Waals surface area contributed by atoms with E-state index in [1.54, 1.807) is 6.07 Å². The second-order valence-corrected chi connectivity index (χ2v) is 6.55. The van der Waals surface area contributed by atoms with Gasteiger partial charge in [-0.2, -0.15) is 13.2 Å². The molecule has 1 saturated heterocycles. The van der Waals surface area contributed by atoms with Crippen LogP contribution < -0.4 is 10.2 Å². The second-order valence-electron chi connectivity index (χ2n) is 6.55. The van der Waals surface area contributed by atoms with Crippen molar-refractivity contribution < 1.29 is 18.3 Å². The van der Waals surface area contributed by atoms with E-state index in [4.69, 9.17) is 0 Å². The molecular weight excluding hydrogens is 319 g/mol. The van der Waals surface area contributed by atoms with E-state index in [1.807, 2.05) is 18.7 Å². The third-order valence-electron chi connectivity index (χ3n) is 4.14. The van der Waals surface area contributed by atoms with Crippen molar-refractivity contribution >= 4 is 5.69 Å². The average Bonchev–Trinajstić information content (AvgIpc) is 2.53. The fourth-order valence-corrected chi connectivity index (χ4v) is 2.80. The Morgan fingerprint density at radius 1 is 1.17 bits per heavy atom. The minimum absolute atomic E-state index is 0.331. The molecule has 0 aromatic heterocycles. The van der Waals surface area contributed by atoms with Gasteiger partial charge in [0.15, 0.2) is 0 Å². The number of aliphatic hydroxyl groups excluding tert-OH is 1. The highest BCUT2D eigenvalue weighted by Gasteiger charge is 2.31. The molecule has 1 heterocycles. The Balaban J connectivity index is 1.84. The zero-order valence-corrected chi connectivity index (χ0v) is 14.2. The van der Waals surface area contributed by atoms with Gasteiger partial charge in [0.1, 0.15) is 0 Å². The first-order valence-electron chi connectivity index (χ1n) is 8.31. The summed E-state index contributed by atoms with van der Waals surface area (Å²) in [5.74, 6) is 0. The van der Waals surface area contributed by atoms with Crippen molar-refractivity contribution in [3.63, 3.8) is 0 Å². The van der Waals surface area contributed by atoms with Crippen molar-refractivity contribution in [2.45, 2.75) is 32.2 Å². The third kappa shape index (κ3) is 5.65. The summed E-state index contributed by atoms with van der Waals surface area (Å²) in [7, 11) is 0. The maximum absolute atomic E-state index is 12.8. The molecule has 1 atom stereocenters. The molecule has 0 radical (unpaired) electrons. The fourth-order valence-electron chi connectivity index (χ4n) is 2.80. The van der Waals surface area contributed by atoms with Crippen LogP contribution in [0.2, 0.25) is 0 Å². The predicted octanol–water partition coefficient (Wildman–Crippen LogP) is 2.19. The SMILES string of the molecule is CC(C)NCC(O)CN1CCN(c2cccc(C(F)(F)F)c2)CC1. The van der Waals surface area contributed by atoms with Crippen LogP contribution in [-0.4, -0.2) is 61.4 Å². The van der Waals surface area contributed by atoms with Crippen molar-refractivity contribution in [3.8, 4) is 0 Å². The molecule has 1 aromatic carbocycles. The first-order valence-corrected chi connectivity index (χ1v) is 8.31. The van der Waals surface area contributed by atoms with Crippen LogP contribution in [0.1, 0.15) is 19.4 Å². The third-order valence-corrected chi connectivity index (χ3v) is 4.14. The van der Waals surface area contributed by atoms with Crippen LogP contribution in [0.25, 0.3) is 0 Å². The molecule has 1 fully saturated rings. The van der Waals surface area contributed by atoms with E-state index >= 15 is 0 Å². The van der Waals surface area contributed by atoms with E-state index < -0.39 is 17.8 Å². The standard InChI is InChI=1S/C17H26F3N3O/c1-13(2)21-11-16(24)12-22-6-8-23(9-7-22)15-5-3-4-14(10-15)17(18,19)20/h3-5,10,13,16,21,24H,6-9,11-12H2,1-2H3. The lowest BCUT2D eigenvalue weighted by Crippen LogP contribution is -2.50. The molecular formula is C17H26F3N3O. The zero-order chi connectivity index (χ0) is 17.7. The number of nitrogens with zero attached hydrogens (tertiary/aromatic N) is 2. The lowest BCUT2D eigenvalue weighted by atomic mass is 10.1. The molecule has 7 heteroatoms. The summed E-state index contributed by atoms with van der Waals surface area (Å²) < 4.78 is 38.4. The average molecular weight is 345 g/mol. The highest BCUT2D eigenvalue weighted by Crippen LogP contribution is 2.31. The monoisotopic (exact) mass is 345 g/mol. The van der Waals surface area contributed by atoms with Crippen molar-refractivity contribution in [2.75, 3.05) is 44.2 Å². The van der Waals surface area contributed by atoms with Crippen LogP contribution >= 0.6 is 0 Å². The fraction of sp³-hybridized carbons (Fsp3) is 0.647. The van der Waals surface area contributed by atoms with Crippen molar-refractivity contribution in [3.05, 3.63) is 29.8 Å². The van der Waals surface area contributed by atoms with E-state index in [2.05, 4.69) is 10.2 Å². The van der Waals surface area contributed by atoms with E-state index in [9.17, 15) is 18.3 Å². The number of nitrogens with one attached hydrogen (secondary N) is 1. The zero-order valence-electron chi connectivity index (χ0n) is 14.2. The summed E-state index contributed by atoms with van der Waals surface area (Å²) >= 11 is 0. The molecule has 2 N–H and O–H groups in total. The molecule has 0 saturated carbocycles. The number of rotatable bonds is 6. The van der Waals surface area contributed by atoms with Gasteiger partial charge in [-0.25, -0.2) is 0 Å². The molecule has 1 aromatic rings. The normalized spacial score (nSPS) is 18.2. The van der Waals surface area contributed by atoms with Gasteiger partial charge in [-0.3, -0.25) is 4.90 Å². The van der Waals surface area contributed by atoms with Crippen LogP contribution in [0.15, 0.2) is 24.3 Å². The Bertz CT molecular complexity index is 514. The van der Waals surface area contributed by atoms with Gasteiger partial charge in [-0.05, 0) is 18.2 Å². The Labute approximate surface area is 141 Å². The van der Waals surface area contributed by atoms with Crippen molar-refractivity contribution in [1.82, 2.24) is 10.2 Å². The van der Waals surface area contributed by atoms with E-state index in [0.717, 1.165) is 19.2 Å². The number of benzene rings is 1. The van der Waals surface area contributed by atoms with E-state index in [0.29, 0.717) is 37.9 Å². The number of anilines is 1. The number of hydrogen-bond donors (Lipinski definition) is 2. The number of piperazine rings is 1. The quantitative estimate of drug-likeness (QED) is 0.829. The van der Waals surface area contributed by atoms with Crippen LogP contribution in [0.3, 0.4) is 0 Å². The number of hydrogen-bond acceptors (Lipinski definition) is 4. The first-order chi connectivity index (χ1) is 11.3. The maximum atomic E-state index is 12.8. The largest absolute Gasteiger partial charge is 0.416 e. The van der Waals surface area contributed by atoms with Gasteiger partial charge in [0.2, 0.25) is 0 Å². The predicted molar refractivity (Wildman–Crippen MR) is 89.2 cm³/mol. The van der Waals surface area contributed by atoms with Crippen LogP contribution in [-0.2, 0) is 6.18 Å². The Morgan fingerprint density at radius 2 is 1.83 bits per heavy atom. The lowest BCUT2D eigenvalue weighted by molar-refractivity contribution is -0.137. The molecule has 0 aliphatic carbocycles. The van der Waals surface area contributed by atoms with Gasteiger partial charge in [0.05, 0.1) is 11.7 Å². The second kappa shape index (κ2) is 8.18. The summed E-state index contributed by atoms with van der Waals surface area (Å²) in [5.41, 5.74) is -0.0101. The van der Waals surface area contributed by atoms with Crippen molar-refractivity contribution in [2.24, 2.45) is 0 Å². The lowest BCUT2D eigenvalue weighted by Gasteiger charge is -2.37. The molecule has 0 spiro atoms. The van der Waals surface area contributed by atoms with Gasteiger partial charge >= 0.3 is 6.18 Å². The molecule has 1 aliphatic rings. The maximum Gasteiger partial charge on any atom is 0.416 e. The Hall–Kier alpha value is -1.31. The number of β-amino-alcohol motifs (C(OH)–C–C–N with tert-alkyl or cyclic N) is 1. The molecule has 0 bridgehead atoms. The van der Waals surface area contributed by atoms with Crippen LogP contribution in [0.5, 0.6) is 0 Å². The smallest absolute Gasteiger partial charge is 0.390 e. The number of alkyl halides is 3. The first kappa shape index (κ1) is 19.0. The molecule has 1 aliphatic heterocycles. The van der Waals surface area contributed by atoms with Gasteiger partial charge < -0.3 is 15.3 Å². The summed E-state index contributed by atoms with van der Waals surface area (Å²) in [6, 6.07) is 5.80. The molecule has 4 nitrogen and oxygen atoms in total. The molecule has 0 amide bonds. The van der Waals surface area contributed by atoms with Crippen LogP contribution in [0.4, 0.5) is 18.9 Å². The van der Waals surface area contributed by atoms with Gasteiger partial charge in [0.25, 0.3) is 0 Å². The Kier molecular flexibility index (Phi) is 6.48. The van der Waals surface area contributed by atoms with Gasteiger partial charge in [-0.1, -0.05) is 19.9 Å². The van der Waals surface area contributed by atoms with Crippen LogP contribution in [0, 0.1) is 0 Å². The molecule has 2 rings (SSSR count). The van der Waals surface area contributed by atoms with E-state index in [1.165, 1.54) is 12.1 Å². The van der Waals surface area contributed by atoms with Gasteiger partial charge in [0, 0.05) is 51.0 Å². The number of aliphatic hydroxyl groups is 1. The molecule has 1 unspecified atom stereocenters. The minimum atomic E-state index is -4.31. The minimum Gasteiger partial charge on any atom is -0.390 e. The highest BCUT2D eigenvalue weighted by atomic mass is 19.4. The highest BCUT2D eigenvalue weighted by molar-refractivity contribution is 5.49. The summed E-state index contributed by atoms with van der Waals surface area (Å²) in [6.45, 7) is 7.96. The summed E-state index contributed by atoms with van der Waals surface area (Å²) in [6.07, 6.45) is -4.75. The topological polar surface area (TPSA) is 38.7 Å². The van der Waals surface area contributed by atoms with Crippen molar-refractivity contribution in [1.29, 1.82) is 0 Å². The summed E-state index contributed by atoms with van der Waals surface area (Å²) in [4.78, 5) is 4.11. The van der Waals surface area contributed by atoms with Gasteiger partial charge in [-0.15, -0.1) is 0 Å². The molecule has 24 heavy (non-hydrogen) atoms. The van der Waals surface area contributed by atoms with E-state index in [-0.39, 0.29) is 0 Å². The molecule has 136 valence electrons.